The molecule has 3 rings (SSSR count). The number of thiophene rings is 1. The summed E-state index contributed by atoms with van der Waals surface area (Å²) in [6, 6.07) is 6.58. The smallest absolute Gasteiger partial charge is 0.271 e. The van der Waals surface area contributed by atoms with Gasteiger partial charge in [-0.3, -0.25) is 14.2 Å². The van der Waals surface area contributed by atoms with Crippen LogP contribution in [0.2, 0.25) is 5.02 Å². The zero-order valence-electron chi connectivity index (χ0n) is 10.7. The summed E-state index contributed by atoms with van der Waals surface area (Å²) >= 11 is 7.49. The summed E-state index contributed by atoms with van der Waals surface area (Å²) < 4.78 is 2.10. The van der Waals surface area contributed by atoms with Crippen LogP contribution in [0.3, 0.4) is 0 Å². The third kappa shape index (κ3) is 2.55. The predicted octanol–water partition coefficient (Wildman–Crippen LogP) is 2.26. The van der Waals surface area contributed by atoms with E-state index in [4.69, 9.17) is 17.3 Å². The van der Waals surface area contributed by atoms with Gasteiger partial charge in [-0.2, -0.15) is 0 Å². The molecule has 0 unspecified atom stereocenters. The summed E-state index contributed by atoms with van der Waals surface area (Å²) in [6.07, 6.45) is 1.50. The molecule has 21 heavy (non-hydrogen) atoms. The molecule has 0 aliphatic rings. The monoisotopic (exact) mass is 319 g/mol. The molecule has 2 aromatic heterocycles. The van der Waals surface area contributed by atoms with E-state index in [0.29, 0.717) is 20.8 Å². The fourth-order valence-corrected chi connectivity index (χ4v) is 3.04. The molecule has 2 heterocycles. The first-order valence-corrected chi connectivity index (χ1v) is 7.33. The second-order valence-electron chi connectivity index (χ2n) is 4.48. The summed E-state index contributed by atoms with van der Waals surface area (Å²) in [5.74, 6) is -0.540. The molecule has 0 aliphatic carbocycles. The highest BCUT2D eigenvalue weighted by Crippen LogP contribution is 2.19. The van der Waals surface area contributed by atoms with Gasteiger partial charge < -0.3 is 5.73 Å². The number of carbonyl (C=O) groups is 1. The van der Waals surface area contributed by atoms with E-state index in [1.165, 1.54) is 28.3 Å². The minimum Gasteiger partial charge on any atom is -0.366 e. The molecule has 2 N–H and O–H groups in total. The Morgan fingerprint density at radius 3 is 2.90 bits per heavy atom. The van der Waals surface area contributed by atoms with Crippen molar-refractivity contribution in [2.45, 2.75) is 6.54 Å². The quantitative estimate of drug-likeness (QED) is 0.804. The summed E-state index contributed by atoms with van der Waals surface area (Å²) in [4.78, 5) is 27.6. The average Bonchev–Trinajstić information content (AvgIpc) is 2.93. The van der Waals surface area contributed by atoms with Crippen molar-refractivity contribution in [2.75, 3.05) is 0 Å². The number of aromatic nitrogens is 2. The van der Waals surface area contributed by atoms with E-state index in [9.17, 15) is 9.59 Å². The van der Waals surface area contributed by atoms with Gasteiger partial charge in [0.25, 0.3) is 5.56 Å². The zero-order valence-corrected chi connectivity index (χ0v) is 12.3. The summed E-state index contributed by atoms with van der Waals surface area (Å²) in [7, 11) is 0. The lowest BCUT2D eigenvalue weighted by Crippen LogP contribution is -2.20. The maximum Gasteiger partial charge on any atom is 0.271 e. The van der Waals surface area contributed by atoms with E-state index >= 15 is 0 Å². The van der Waals surface area contributed by atoms with Crippen LogP contribution in [0.4, 0.5) is 0 Å². The Bertz CT molecular complexity index is 901. The van der Waals surface area contributed by atoms with Gasteiger partial charge in [-0.15, -0.1) is 11.3 Å². The molecule has 0 saturated heterocycles. The largest absolute Gasteiger partial charge is 0.366 e. The summed E-state index contributed by atoms with van der Waals surface area (Å²) in [6.45, 7) is 0.289. The molecule has 0 aliphatic heterocycles. The van der Waals surface area contributed by atoms with Gasteiger partial charge in [0.1, 0.15) is 4.70 Å². The molecule has 0 radical (unpaired) electrons. The average molecular weight is 320 g/mol. The molecule has 3 aromatic rings. The Balaban J connectivity index is 2.00. The van der Waals surface area contributed by atoms with Crippen LogP contribution < -0.4 is 11.3 Å². The number of primary amides is 1. The van der Waals surface area contributed by atoms with Crippen molar-refractivity contribution in [1.29, 1.82) is 0 Å². The number of carbonyl (C=O) groups excluding carboxylic acids is 1. The van der Waals surface area contributed by atoms with Crippen LogP contribution in [-0.2, 0) is 6.54 Å². The van der Waals surface area contributed by atoms with Gasteiger partial charge in [0.2, 0.25) is 5.91 Å². The van der Waals surface area contributed by atoms with Crippen LogP contribution in [0.5, 0.6) is 0 Å². The van der Waals surface area contributed by atoms with Gasteiger partial charge in [0.05, 0.1) is 18.4 Å². The van der Waals surface area contributed by atoms with Crippen molar-refractivity contribution < 1.29 is 4.79 Å². The first kappa shape index (κ1) is 13.8. The van der Waals surface area contributed by atoms with Crippen molar-refractivity contribution in [3.05, 3.63) is 62.5 Å². The standard InChI is InChI=1S/C14H10ClN3O2S/c15-10-5-8(13(16)19)1-2-9(10)6-18-7-17-11-3-4-21-12(11)14(18)20/h1-5,7H,6H2,(H2,16,19). The number of nitrogens with zero attached hydrogens (tertiary/aromatic N) is 2. The van der Waals surface area contributed by atoms with E-state index in [1.807, 2.05) is 5.38 Å². The Labute approximate surface area is 128 Å². The highest BCUT2D eigenvalue weighted by atomic mass is 35.5. The summed E-state index contributed by atoms with van der Waals surface area (Å²) in [5, 5.41) is 2.22. The Morgan fingerprint density at radius 2 is 2.19 bits per heavy atom. The fraction of sp³-hybridized carbons (Fsp3) is 0.0714. The van der Waals surface area contributed by atoms with Gasteiger partial charge in [-0.25, -0.2) is 4.98 Å². The Morgan fingerprint density at radius 1 is 1.38 bits per heavy atom. The molecule has 0 saturated carbocycles. The van der Waals surface area contributed by atoms with Gasteiger partial charge in [-0.05, 0) is 29.1 Å². The van der Waals surface area contributed by atoms with E-state index in [1.54, 1.807) is 18.2 Å². The maximum atomic E-state index is 12.3. The second kappa shape index (κ2) is 5.31. The number of halogens is 1. The highest BCUT2D eigenvalue weighted by molar-refractivity contribution is 7.17. The number of benzene rings is 1. The van der Waals surface area contributed by atoms with Crippen LogP contribution in [0.25, 0.3) is 10.2 Å². The van der Waals surface area contributed by atoms with Crippen molar-refractivity contribution in [2.24, 2.45) is 5.73 Å². The lowest BCUT2D eigenvalue weighted by molar-refractivity contribution is 0.100. The highest BCUT2D eigenvalue weighted by Gasteiger charge is 2.09. The number of hydrogen-bond donors (Lipinski definition) is 1. The molecule has 1 aromatic carbocycles. The van der Waals surface area contributed by atoms with Crippen LogP contribution >= 0.6 is 22.9 Å². The minimum atomic E-state index is -0.540. The maximum absolute atomic E-state index is 12.3. The van der Waals surface area contributed by atoms with Crippen molar-refractivity contribution in [1.82, 2.24) is 9.55 Å². The van der Waals surface area contributed by atoms with Crippen molar-refractivity contribution >= 4 is 39.1 Å². The predicted molar refractivity (Wildman–Crippen MR) is 83.0 cm³/mol. The van der Waals surface area contributed by atoms with Crippen LogP contribution in [0, 0.1) is 0 Å². The van der Waals surface area contributed by atoms with Crippen molar-refractivity contribution in [3.8, 4) is 0 Å². The Kier molecular flexibility index (Phi) is 3.48. The van der Waals surface area contributed by atoms with Crippen molar-refractivity contribution in [3.63, 3.8) is 0 Å². The Hall–Kier alpha value is -2.18. The normalized spacial score (nSPS) is 10.9. The van der Waals surface area contributed by atoms with Gasteiger partial charge in [0, 0.05) is 10.6 Å². The molecule has 5 nitrogen and oxygen atoms in total. The second-order valence-corrected chi connectivity index (χ2v) is 5.81. The molecular weight excluding hydrogens is 310 g/mol. The molecule has 1 amide bonds. The van der Waals surface area contributed by atoms with E-state index in [-0.39, 0.29) is 12.1 Å². The number of amides is 1. The number of fused-ring (bicyclic) bond motifs is 1. The first-order valence-electron chi connectivity index (χ1n) is 6.07. The number of hydrogen-bond acceptors (Lipinski definition) is 4. The fourth-order valence-electron chi connectivity index (χ4n) is 2.00. The molecule has 0 bridgehead atoms. The topological polar surface area (TPSA) is 78.0 Å². The molecule has 0 atom stereocenters. The van der Waals surface area contributed by atoms with E-state index in [0.717, 1.165) is 5.56 Å². The number of nitrogens with two attached hydrogens (primary N) is 1. The molecule has 0 fully saturated rings. The van der Waals surface area contributed by atoms with E-state index < -0.39 is 5.91 Å². The number of rotatable bonds is 3. The van der Waals surface area contributed by atoms with Gasteiger partial charge in [-0.1, -0.05) is 17.7 Å². The SMILES string of the molecule is NC(=O)c1ccc(Cn2cnc3ccsc3c2=O)c(Cl)c1. The van der Waals surface area contributed by atoms with Gasteiger partial charge in [0.15, 0.2) is 0 Å². The summed E-state index contributed by atoms with van der Waals surface area (Å²) in [5.41, 5.74) is 6.84. The van der Waals surface area contributed by atoms with Gasteiger partial charge >= 0.3 is 0 Å². The molecule has 7 heteroatoms. The first-order chi connectivity index (χ1) is 10.1. The molecular formula is C14H10ClN3O2S. The molecule has 106 valence electrons. The van der Waals surface area contributed by atoms with Crippen LogP contribution in [0.15, 0.2) is 40.8 Å². The minimum absolute atomic E-state index is 0.106. The van der Waals surface area contributed by atoms with Crippen LogP contribution in [0.1, 0.15) is 15.9 Å². The van der Waals surface area contributed by atoms with Crippen LogP contribution in [-0.4, -0.2) is 15.5 Å². The zero-order chi connectivity index (χ0) is 15.0. The lowest BCUT2D eigenvalue weighted by Gasteiger charge is -2.08. The third-order valence-electron chi connectivity index (χ3n) is 3.11. The van der Waals surface area contributed by atoms with E-state index in [2.05, 4.69) is 4.98 Å². The molecule has 0 spiro atoms. The lowest BCUT2D eigenvalue weighted by atomic mass is 10.1. The third-order valence-corrected chi connectivity index (χ3v) is 4.36.